The molecule has 0 aliphatic heterocycles. The molecule has 180 valence electrons. The molecule has 5 nitrogen and oxygen atoms in total. The van der Waals surface area contributed by atoms with E-state index in [1.807, 2.05) is 0 Å². The van der Waals surface area contributed by atoms with Crippen molar-refractivity contribution in [3.8, 4) is 16.9 Å². The van der Waals surface area contributed by atoms with Crippen LogP contribution in [0, 0.1) is 5.82 Å². The number of anilines is 1. The Balaban J connectivity index is 2.00. The SMILES string of the molecule is C[C@@H](N)c1cccc(-c2cc(COc3ccccc3CC(=O)O)cc(N(C)CC(F)F)c2)c1F. The second kappa shape index (κ2) is 11.1. The van der Waals surface area contributed by atoms with Gasteiger partial charge in [-0.3, -0.25) is 4.79 Å². The average Bonchev–Trinajstić information content (AvgIpc) is 2.77. The Hall–Kier alpha value is -3.52. The van der Waals surface area contributed by atoms with Crippen molar-refractivity contribution in [1.29, 1.82) is 0 Å². The van der Waals surface area contributed by atoms with Gasteiger partial charge in [-0.2, -0.15) is 0 Å². The molecule has 0 aliphatic rings. The Morgan fingerprint density at radius 3 is 2.53 bits per heavy atom. The summed E-state index contributed by atoms with van der Waals surface area (Å²) in [6.07, 6.45) is -2.75. The Morgan fingerprint density at radius 1 is 1.12 bits per heavy atom. The second-order valence-corrected chi connectivity index (χ2v) is 8.12. The Kier molecular flexibility index (Phi) is 8.17. The first kappa shape index (κ1) is 25.1. The number of nitrogens with two attached hydrogens (primary N) is 1. The van der Waals surface area contributed by atoms with Gasteiger partial charge in [0, 0.05) is 35.5 Å². The van der Waals surface area contributed by atoms with E-state index in [0.29, 0.717) is 39.3 Å². The maximum atomic E-state index is 15.2. The Labute approximate surface area is 196 Å². The van der Waals surface area contributed by atoms with E-state index in [9.17, 15) is 13.6 Å². The molecule has 3 aromatic rings. The summed E-state index contributed by atoms with van der Waals surface area (Å²) >= 11 is 0. The highest BCUT2D eigenvalue weighted by Gasteiger charge is 2.17. The average molecular weight is 473 g/mol. The Morgan fingerprint density at radius 2 is 1.85 bits per heavy atom. The number of nitrogens with zero attached hydrogens (tertiary/aromatic N) is 1. The molecule has 0 bridgehead atoms. The van der Waals surface area contributed by atoms with E-state index in [4.69, 9.17) is 15.6 Å². The topological polar surface area (TPSA) is 75.8 Å². The van der Waals surface area contributed by atoms with Crippen LogP contribution in [0.1, 0.15) is 29.7 Å². The van der Waals surface area contributed by atoms with Crippen molar-refractivity contribution in [2.75, 3.05) is 18.5 Å². The number of benzene rings is 3. The summed E-state index contributed by atoms with van der Waals surface area (Å²) in [6, 6.07) is 16.2. The van der Waals surface area contributed by atoms with Crippen LogP contribution in [0.4, 0.5) is 18.9 Å². The smallest absolute Gasteiger partial charge is 0.307 e. The standard InChI is InChI=1S/C26H27F3N2O3/c1-16(30)21-7-5-8-22(26(21)29)19-10-17(11-20(12-19)31(2)14-24(27)28)15-34-23-9-4-3-6-18(23)13-25(32)33/h3-12,16,24H,13-15,30H2,1-2H3,(H,32,33)/t16-/m1/s1. The molecule has 0 spiro atoms. The highest BCUT2D eigenvalue weighted by molar-refractivity contribution is 5.72. The van der Waals surface area contributed by atoms with Gasteiger partial charge in [0.2, 0.25) is 0 Å². The van der Waals surface area contributed by atoms with Crippen molar-refractivity contribution in [3.05, 3.63) is 83.2 Å². The second-order valence-electron chi connectivity index (χ2n) is 8.12. The minimum atomic E-state index is -2.55. The van der Waals surface area contributed by atoms with Crippen LogP contribution in [0.5, 0.6) is 5.75 Å². The van der Waals surface area contributed by atoms with Crippen molar-refractivity contribution < 1.29 is 27.8 Å². The van der Waals surface area contributed by atoms with Crippen molar-refractivity contribution in [2.24, 2.45) is 5.73 Å². The minimum Gasteiger partial charge on any atom is -0.489 e. The zero-order chi connectivity index (χ0) is 24.8. The number of carboxylic acid groups (broad SMARTS) is 1. The summed E-state index contributed by atoms with van der Waals surface area (Å²) in [6.45, 7) is 1.23. The summed E-state index contributed by atoms with van der Waals surface area (Å²) in [5.74, 6) is -1.05. The number of rotatable bonds is 10. The number of carboxylic acids is 1. The molecule has 3 N–H and O–H groups in total. The number of ether oxygens (including phenoxy) is 1. The number of hydrogen-bond acceptors (Lipinski definition) is 4. The quantitative estimate of drug-likeness (QED) is 0.412. The molecule has 3 rings (SSSR count). The summed E-state index contributed by atoms with van der Waals surface area (Å²) in [5.41, 5.74) is 8.64. The van der Waals surface area contributed by atoms with Gasteiger partial charge >= 0.3 is 5.97 Å². The monoisotopic (exact) mass is 472 g/mol. The molecule has 0 radical (unpaired) electrons. The summed E-state index contributed by atoms with van der Waals surface area (Å²) < 4.78 is 47.1. The van der Waals surface area contributed by atoms with Gasteiger partial charge in [0.1, 0.15) is 18.2 Å². The van der Waals surface area contributed by atoms with Gasteiger partial charge in [-0.05, 0) is 42.3 Å². The molecule has 3 aromatic carbocycles. The third-order valence-electron chi connectivity index (χ3n) is 5.37. The van der Waals surface area contributed by atoms with Crippen LogP contribution in [-0.2, 0) is 17.8 Å². The lowest BCUT2D eigenvalue weighted by atomic mass is 9.97. The number of alkyl halides is 2. The number of hydrogen-bond donors (Lipinski definition) is 2. The van der Waals surface area contributed by atoms with Crippen molar-refractivity contribution >= 4 is 11.7 Å². The maximum Gasteiger partial charge on any atom is 0.307 e. The highest BCUT2D eigenvalue weighted by atomic mass is 19.3. The van der Waals surface area contributed by atoms with E-state index in [2.05, 4.69) is 0 Å². The molecule has 0 aliphatic carbocycles. The summed E-state index contributed by atoms with van der Waals surface area (Å²) in [7, 11) is 1.53. The fraction of sp³-hybridized carbons (Fsp3) is 0.269. The highest BCUT2D eigenvalue weighted by Crippen LogP contribution is 2.32. The van der Waals surface area contributed by atoms with Gasteiger partial charge in [-0.1, -0.05) is 36.4 Å². The number of halogens is 3. The van der Waals surface area contributed by atoms with Crippen molar-refractivity contribution in [3.63, 3.8) is 0 Å². The van der Waals surface area contributed by atoms with Gasteiger partial charge in [0.15, 0.2) is 0 Å². The van der Waals surface area contributed by atoms with E-state index in [1.165, 1.54) is 11.9 Å². The molecule has 34 heavy (non-hydrogen) atoms. The maximum absolute atomic E-state index is 15.2. The molecule has 0 heterocycles. The number of aliphatic carboxylic acids is 1. The fourth-order valence-corrected chi connectivity index (χ4v) is 3.68. The van der Waals surface area contributed by atoms with Gasteiger partial charge in [0.05, 0.1) is 13.0 Å². The van der Waals surface area contributed by atoms with E-state index in [0.717, 1.165) is 0 Å². The van der Waals surface area contributed by atoms with Crippen molar-refractivity contribution in [1.82, 2.24) is 0 Å². The van der Waals surface area contributed by atoms with Crippen LogP contribution in [-0.4, -0.2) is 31.1 Å². The van der Waals surface area contributed by atoms with Gasteiger partial charge in [0.25, 0.3) is 6.43 Å². The molecule has 0 saturated heterocycles. The first-order valence-electron chi connectivity index (χ1n) is 10.8. The van der Waals surface area contributed by atoms with Crippen LogP contribution < -0.4 is 15.4 Å². The molecule has 0 amide bonds. The predicted octanol–water partition coefficient (Wildman–Crippen LogP) is 5.42. The van der Waals surface area contributed by atoms with Gasteiger partial charge < -0.3 is 20.5 Å². The minimum absolute atomic E-state index is 0.0363. The molecule has 0 fully saturated rings. The van der Waals surface area contributed by atoms with E-state index < -0.39 is 30.8 Å². The molecule has 0 unspecified atom stereocenters. The predicted molar refractivity (Wildman–Crippen MR) is 126 cm³/mol. The lowest BCUT2D eigenvalue weighted by Gasteiger charge is -2.22. The third kappa shape index (κ3) is 6.29. The fourth-order valence-electron chi connectivity index (χ4n) is 3.68. The zero-order valence-corrected chi connectivity index (χ0v) is 19.0. The van der Waals surface area contributed by atoms with Crippen LogP contribution in [0.3, 0.4) is 0 Å². The zero-order valence-electron chi connectivity index (χ0n) is 19.0. The molecule has 1 atom stereocenters. The van der Waals surface area contributed by atoms with Gasteiger partial charge in [-0.25, -0.2) is 13.2 Å². The van der Waals surface area contributed by atoms with E-state index >= 15 is 4.39 Å². The molecule has 8 heteroatoms. The molecular formula is C26H27F3N2O3. The molecule has 0 saturated carbocycles. The van der Waals surface area contributed by atoms with Gasteiger partial charge in [-0.15, -0.1) is 0 Å². The van der Waals surface area contributed by atoms with Crippen LogP contribution in [0.2, 0.25) is 0 Å². The van der Waals surface area contributed by atoms with Crippen LogP contribution in [0.15, 0.2) is 60.7 Å². The van der Waals surface area contributed by atoms with E-state index in [-0.39, 0.29) is 13.0 Å². The van der Waals surface area contributed by atoms with Crippen LogP contribution >= 0.6 is 0 Å². The first-order chi connectivity index (χ1) is 16.2. The molecule has 0 aromatic heterocycles. The summed E-state index contributed by atoms with van der Waals surface area (Å²) in [5, 5.41) is 9.13. The largest absolute Gasteiger partial charge is 0.489 e. The van der Waals surface area contributed by atoms with Crippen LogP contribution in [0.25, 0.3) is 11.1 Å². The normalized spacial score (nSPS) is 12.0. The lowest BCUT2D eigenvalue weighted by Crippen LogP contribution is -2.24. The van der Waals surface area contributed by atoms with E-state index in [1.54, 1.807) is 67.6 Å². The number of carbonyl (C=O) groups is 1. The Bertz CT molecular complexity index is 1150. The molecular weight excluding hydrogens is 445 g/mol. The third-order valence-corrected chi connectivity index (χ3v) is 5.37. The summed E-state index contributed by atoms with van der Waals surface area (Å²) in [4.78, 5) is 12.5. The lowest BCUT2D eigenvalue weighted by molar-refractivity contribution is -0.136. The number of para-hydroxylation sites is 1. The van der Waals surface area contributed by atoms with Crippen molar-refractivity contribution in [2.45, 2.75) is 32.4 Å². The first-order valence-corrected chi connectivity index (χ1v) is 10.8.